The topological polar surface area (TPSA) is 114 Å². The smallest absolute Gasteiger partial charge is 0.249 e. The molecule has 0 fully saturated rings. The van der Waals surface area contributed by atoms with E-state index in [1.807, 2.05) is 84.9 Å². The van der Waals surface area contributed by atoms with Crippen molar-refractivity contribution in [2.75, 3.05) is 19.4 Å². The molecule has 4 rings (SSSR count). The molecule has 0 aliphatic carbocycles. The van der Waals surface area contributed by atoms with E-state index in [1.54, 1.807) is 37.4 Å². The third kappa shape index (κ3) is 11.6. The molecule has 0 aliphatic heterocycles. The Morgan fingerprint density at radius 1 is 0.822 bits per heavy atom. The number of hydrogen-bond donors (Lipinski definition) is 3. The molecule has 0 heterocycles. The van der Waals surface area contributed by atoms with Crippen LogP contribution in [0.5, 0.6) is 5.75 Å². The minimum absolute atomic E-state index is 0. The fourth-order valence-corrected chi connectivity index (χ4v) is 6.12. The molecular weight excluding hydrogens is 612 g/mol. The predicted molar refractivity (Wildman–Crippen MR) is 178 cm³/mol. The molecule has 0 aromatic heterocycles. The van der Waals surface area contributed by atoms with E-state index in [0.29, 0.717) is 13.0 Å². The van der Waals surface area contributed by atoms with Crippen molar-refractivity contribution in [3.63, 3.8) is 0 Å². The fraction of sp³-hybridized carbons (Fsp3) is 0.286. The number of halogens is 1. The quantitative estimate of drug-likeness (QED) is 0.151. The van der Waals surface area contributed by atoms with Gasteiger partial charge in [-0.2, -0.15) is 0 Å². The van der Waals surface area contributed by atoms with Crippen molar-refractivity contribution in [3.8, 4) is 5.75 Å². The molecule has 0 radical (unpaired) electrons. The van der Waals surface area contributed by atoms with E-state index in [0.717, 1.165) is 22.4 Å². The van der Waals surface area contributed by atoms with Crippen molar-refractivity contribution < 1.29 is 27.8 Å². The van der Waals surface area contributed by atoms with Gasteiger partial charge in [0.1, 0.15) is 11.9 Å². The van der Waals surface area contributed by atoms with Gasteiger partial charge >= 0.3 is 0 Å². The van der Waals surface area contributed by atoms with Crippen molar-refractivity contribution in [2.24, 2.45) is 0 Å². The molecule has 0 saturated carbocycles. The van der Waals surface area contributed by atoms with Crippen LogP contribution in [0.15, 0.2) is 120 Å². The molecule has 3 unspecified atom stereocenters. The molecule has 1 amide bonds. The summed E-state index contributed by atoms with van der Waals surface area (Å²) in [6.07, 6.45) is -1.66. The maximum Gasteiger partial charge on any atom is 0.249 e. The molecule has 8 nitrogen and oxygen atoms in total. The summed E-state index contributed by atoms with van der Waals surface area (Å²) in [4.78, 5) is 13.9. The van der Waals surface area contributed by atoms with Crippen LogP contribution >= 0.6 is 12.4 Å². The molecular formula is C35H41ClN2O6S. The van der Waals surface area contributed by atoms with Gasteiger partial charge < -0.3 is 25.2 Å². The average Bonchev–Trinajstić information content (AvgIpc) is 3.05. The van der Waals surface area contributed by atoms with Crippen LogP contribution in [0.2, 0.25) is 0 Å². The lowest BCUT2D eigenvalue weighted by Gasteiger charge is -2.27. The first-order chi connectivity index (χ1) is 21.3. The van der Waals surface area contributed by atoms with Gasteiger partial charge in [-0.15, -0.1) is 12.4 Å². The maximum atomic E-state index is 13.7. The molecule has 240 valence electrons. The lowest BCUT2D eigenvalue weighted by Crippen LogP contribution is -2.51. The van der Waals surface area contributed by atoms with Gasteiger partial charge in [-0.05, 0) is 53.8 Å². The summed E-state index contributed by atoms with van der Waals surface area (Å²) in [6.45, 7) is 0.853. The molecule has 4 aromatic carbocycles. The van der Waals surface area contributed by atoms with Gasteiger partial charge in [0.15, 0.2) is 9.84 Å². The fourth-order valence-electron chi connectivity index (χ4n) is 4.79. The van der Waals surface area contributed by atoms with E-state index >= 15 is 0 Å². The van der Waals surface area contributed by atoms with Gasteiger partial charge in [0, 0.05) is 13.1 Å². The number of aliphatic hydroxyl groups excluding tert-OH is 1. The number of carbonyl (C=O) groups excluding carboxylic acids is 1. The second-order valence-corrected chi connectivity index (χ2v) is 12.7. The highest BCUT2D eigenvalue weighted by Gasteiger charge is 2.28. The molecule has 10 heteroatoms. The van der Waals surface area contributed by atoms with Gasteiger partial charge in [-0.25, -0.2) is 8.42 Å². The number of aliphatic hydroxyl groups is 1. The molecule has 0 saturated heterocycles. The number of rotatable bonds is 17. The van der Waals surface area contributed by atoms with Gasteiger partial charge in [0.25, 0.3) is 0 Å². The lowest BCUT2D eigenvalue weighted by molar-refractivity contribution is -0.135. The van der Waals surface area contributed by atoms with Crippen molar-refractivity contribution in [1.29, 1.82) is 0 Å². The second kappa shape index (κ2) is 18.3. The minimum atomic E-state index is -3.64. The first kappa shape index (κ1) is 35.7. The summed E-state index contributed by atoms with van der Waals surface area (Å²) in [5.41, 5.74) is 2.80. The summed E-state index contributed by atoms with van der Waals surface area (Å²) in [6, 6.07) is 34.1. The zero-order chi connectivity index (χ0) is 31.2. The number of nitrogens with one attached hydrogen (secondary N) is 2. The van der Waals surface area contributed by atoms with E-state index in [2.05, 4.69) is 10.6 Å². The summed E-state index contributed by atoms with van der Waals surface area (Å²) in [7, 11) is -2.02. The molecule has 0 bridgehead atoms. The Kier molecular flexibility index (Phi) is 14.5. The molecule has 3 atom stereocenters. The van der Waals surface area contributed by atoms with Gasteiger partial charge in [0.2, 0.25) is 5.91 Å². The summed E-state index contributed by atoms with van der Waals surface area (Å²) < 4.78 is 37.4. The lowest BCUT2D eigenvalue weighted by atomic mass is 10.0. The second-order valence-electron chi connectivity index (χ2n) is 10.6. The molecule has 4 aromatic rings. The number of benzene rings is 4. The van der Waals surface area contributed by atoms with Crippen molar-refractivity contribution in [3.05, 3.63) is 132 Å². The molecule has 0 spiro atoms. The largest absolute Gasteiger partial charge is 0.497 e. The van der Waals surface area contributed by atoms with E-state index in [1.165, 1.54) is 0 Å². The van der Waals surface area contributed by atoms with Crippen LogP contribution in [0.3, 0.4) is 0 Å². The zero-order valence-electron chi connectivity index (χ0n) is 25.2. The highest BCUT2D eigenvalue weighted by atomic mass is 35.5. The zero-order valence-corrected chi connectivity index (χ0v) is 26.9. The summed E-state index contributed by atoms with van der Waals surface area (Å²) in [5, 5.41) is 17.5. The first-order valence-electron chi connectivity index (χ1n) is 14.6. The predicted octanol–water partition coefficient (Wildman–Crippen LogP) is 4.74. The minimum Gasteiger partial charge on any atom is -0.497 e. The van der Waals surface area contributed by atoms with Gasteiger partial charge in [-0.3, -0.25) is 4.79 Å². The summed E-state index contributed by atoms with van der Waals surface area (Å²) in [5.74, 6) is 0.00426. The van der Waals surface area contributed by atoms with Crippen molar-refractivity contribution in [2.45, 2.75) is 49.1 Å². The van der Waals surface area contributed by atoms with Gasteiger partial charge in [-0.1, -0.05) is 91.0 Å². The Bertz CT molecular complexity index is 1540. The van der Waals surface area contributed by atoms with Crippen LogP contribution in [0.1, 0.15) is 23.1 Å². The number of amides is 1. The van der Waals surface area contributed by atoms with Crippen molar-refractivity contribution >= 4 is 28.2 Å². The average molecular weight is 653 g/mol. The van der Waals surface area contributed by atoms with Gasteiger partial charge in [0.05, 0.1) is 36.5 Å². The molecule has 3 N–H and O–H groups in total. The normalized spacial score (nSPS) is 13.2. The van der Waals surface area contributed by atoms with E-state index in [4.69, 9.17) is 9.47 Å². The maximum absolute atomic E-state index is 13.7. The van der Waals surface area contributed by atoms with E-state index in [-0.39, 0.29) is 42.6 Å². The van der Waals surface area contributed by atoms with E-state index in [9.17, 15) is 18.3 Å². The Morgan fingerprint density at radius 3 is 2.07 bits per heavy atom. The third-order valence-corrected chi connectivity index (χ3v) is 9.01. The Hall–Kier alpha value is -3.73. The van der Waals surface area contributed by atoms with Crippen LogP contribution in [-0.2, 0) is 38.9 Å². The molecule has 45 heavy (non-hydrogen) atoms. The standard InChI is InChI=1S/C35H40N2O6S.ClH/c1-42-30-17-11-16-29(22-30)24-36-25-33(38)32(23-27-12-5-2-6-13-27)37-35(39)34(43-26-28-14-7-3-8-15-28)20-21-44(40,41)31-18-9-4-10-19-31;/h2-19,22,32-34,36,38H,20-21,23-26H2,1H3,(H,37,39);1H. The van der Waals surface area contributed by atoms with Crippen LogP contribution in [-0.4, -0.2) is 57.1 Å². The Labute approximate surface area is 272 Å². The first-order valence-corrected chi connectivity index (χ1v) is 16.3. The SMILES string of the molecule is COc1cccc(CNCC(O)C(Cc2ccccc2)NC(=O)C(CCS(=O)(=O)c2ccccc2)OCc2ccccc2)c1.Cl. The highest BCUT2D eigenvalue weighted by Crippen LogP contribution is 2.16. The van der Waals surface area contributed by atoms with Crippen LogP contribution in [0.25, 0.3) is 0 Å². The van der Waals surface area contributed by atoms with Crippen LogP contribution in [0.4, 0.5) is 0 Å². The number of methoxy groups -OCH3 is 1. The Balaban J connectivity index is 0.00000552. The van der Waals surface area contributed by atoms with E-state index < -0.39 is 34.0 Å². The van der Waals surface area contributed by atoms with Crippen LogP contribution in [0, 0.1) is 0 Å². The van der Waals surface area contributed by atoms with Crippen molar-refractivity contribution in [1.82, 2.24) is 10.6 Å². The third-order valence-electron chi connectivity index (χ3n) is 7.24. The monoisotopic (exact) mass is 652 g/mol. The number of ether oxygens (including phenoxy) is 2. The highest BCUT2D eigenvalue weighted by molar-refractivity contribution is 7.91. The number of hydrogen-bond acceptors (Lipinski definition) is 7. The molecule has 0 aliphatic rings. The number of carbonyl (C=O) groups is 1. The Morgan fingerprint density at radius 2 is 1.42 bits per heavy atom. The number of sulfone groups is 1. The van der Waals surface area contributed by atoms with Crippen LogP contribution < -0.4 is 15.4 Å². The summed E-state index contributed by atoms with van der Waals surface area (Å²) >= 11 is 0.